The molecule has 1 fully saturated rings. The highest BCUT2D eigenvalue weighted by Gasteiger charge is 2.25. The van der Waals surface area contributed by atoms with Gasteiger partial charge >= 0.3 is 0 Å². The molecule has 1 aliphatic heterocycles. The van der Waals surface area contributed by atoms with Crippen LogP contribution in [0.25, 0.3) is 0 Å². The topological polar surface area (TPSA) is 55.6 Å². The first-order chi connectivity index (χ1) is 8.61. The number of carbonyl (C=O) groups excluding carboxylic acids is 1. The van der Waals surface area contributed by atoms with E-state index in [2.05, 4.69) is 15.9 Å². The lowest BCUT2D eigenvalue weighted by atomic mass is 10.1. The Labute approximate surface area is 119 Å². The third-order valence-corrected chi connectivity index (χ3v) is 3.74. The van der Waals surface area contributed by atoms with Crippen molar-refractivity contribution in [2.45, 2.75) is 6.10 Å². The first kappa shape index (κ1) is 13.8. The SMILES string of the molecule is NCC1CN(C(=O)c2ccc(Cl)cc2Br)CCO1. The molecule has 1 heterocycles. The molecule has 0 saturated carbocycles. The third-order valence-electron chi connectivity index (χ3n) is 2.85. The zero-order valence-corrected chi connectivity index (χ0v) is 12.1. The Hall–Kier alpha value is -0.620. The smallest absolute Gasteiger partial charge is 0.255 e. The molecule has 1 aliphatic rings. The Kier molecular flexibility index (Phi) is 4.61. The molecule has 1 atom stereocenters. The molecule has 2 rings (SSSR count). The van der Waals surface area contributed by atoms with Crippen LogP contribution >= 0.6 is 27.5 Å². The summed E-state index contributed by atoms with van der Waals surface area (Å²) in [5.41, 5.74) is 6.17. The minimum Gasteiger partial charge on any atom is -0.373 e. The van der Waals surface area contributed by atoms with E-state index in [1.807, 2.05) is 0 Å². The van der Waals surface area contributed by atoms with Crippen LogP contribution in [0.3, 0.4) is 0 Å². The highest BCUT2D eigenvalue weighted by molar-refractivity contribution is 9.10. The van der Waals surface area contributed by atoms with Gasteiger partial charge in [-0.05, 0) is 34.1 Å². The van der Waals surface area contributed by atoms with Gasteiger partial charge in [-0.15, -0.1) is 0 Å². The van der Waals surface area contributed by atoms with Gasteiger partial charge in [-0.2, -0.15) is 0 Å². The van der Waals surface area contributed by atoms with Crippen LogP contribution in [0.15, 0.2) is 22.7 Å². The van der Waals surface area contributed by atoms with E-state index in [0.717, 1.165) is 0 Å². The van der Waals surface area contributed by atoms with Gasteiger partial charge in [-0.1, -0.05) is 11.6 Å². The van der Waals surface area contributed by atoms with Crippen LogP contribution in [0, 0.1) is 0 Å². The number of nitrogens with two attached hydrogens (primary N) is 1. The number of hydrogen-bond donors (Lipinski definition) is 1. The normalized spacial score (nSPS) is 19.9. The molecule has 0 aromatic heterocycles. The van der Waals surface area contributed by atoms with Gasteiger partial charge in [-0.25, -0.2) is 0 Å². The monoisotopic (exact) mass is 332 g/mol. The van der Waals surface area contributed by atoms with E-state index in [1.54, 1.807) is 23.1 Å². The highest BCUT2D eigenvalue weighted by Crippen LogP contribution is 2.23. The van der Waals surface area contributed by atoms with Crippen molar-refractivity contribution in [2.75, 3.05) is 26.2 Å². The summed E-state index contributed by atoms with van der Waals surface area (Å²) in [6.07, 6.45) is -0.0752. The Bertz CT molecular complexity index is 456. The minimum atomic E-state index is -0.0752. The third kappa shape index (κ3) is 3.03. The van der Waals surface area contributed by atoms with Crippen LogP contribution < -0.4 is 5.73 Å². The van der Waals surface area contributed by atoms with Gasteiger partial charge in [-0.3, -0.25) is 4.79 Å². The number of carbonyl (C=O) groups is 1. The van der Waals surface area contributed by atoms with Crippen LogP contribution in [0.4, 0.5) is 0 Å². The van der Waals surface area contributed by atoms with E-state index in [9.17, 15) is 4.79 Å². The van der Waals surface area contributed by atoms with Gasteiger partial charge in [0.2, 0.25) is 0 Å². The van der Waals surface area contributed by atoms with Crippen LogP contribution in [-0.4, -0.2) is 43.2 Å². The Balaban J connectivity index is 2.15. The molecular formula is C12H14BrClN2O2. The molecule has 4 nitrogen and oxygen atoms in total. The second-order valence-electron chi connectivity index (χ2n) is 4.10. The quantitative estimate of drug-likeness (QED) is 0.899. The summed E-state index contributed by atoms with van der Waals surface area (Å²) < 4.78 is 6.15. The average molecular weight is 334 g/mol. The van der Waals surface area contributed by atoms with Crippen LogP contribution in [0.5, 0.6) is 0 Å². The molecule has 0 bridgehead atoms. The molecule has 1 unspecified atom stereocenters. The number of hydrogen-bond acceptors (Lipinski definition) is 3. The number of benzene rings is 1. The lowest BCUT2D eigenvalue weighted by molar-refractivity contribution is -0.0167. The molecule has 6 heteroatoms. The van der Waals surface area contributed by atoms with Crippen LogP contribution in [-0.2, 0) is 4.74 Å². The second kappa shape index (κ2) is 6.02. The van der Waals surface area contributed by atoms with Gasteiger partial charge in [0.25, 0.3) is 5.91 Å². The highest BCUT2D eigenvalue weighted by atomic mass is 79.9. The molecular weight excluding hydrogens is 320 g/mol. The van der Waals surface area contributed by atoms with Crippen LogP contribution in [0.2, 0.25) is 5.02 Å². The summed E-state index contributed by atoms with van der Waals surface area (Å²) in [7, 11) is 0. The summed E-state index contributed by atoms with van der Waals surface area (Å²) in [5, 5.41) is 0.597. The number of morpholine rings is 1. The van der Waals surface area contributed by atoms with E-state index in [4.69, 9.17) is 22.1 Å². The molecule has 0 spiro atoms. The fourth-order valence-corrected chi connectivity index (χ4v) is 2.73. The minimum absolute atomic E-state index is 0.0275. The molecule has 1 aromatic carbocycles. The Morgan fingerprint density at radius 3 is 3.06 bits per heavy atom. The lowest BCUT2D eigenvalue weighted by Gasteiger charge is -2.32. The van der Waals surface area contributed by atoms with Gasteiger partial charge in [0, 0.05) is 29.1 Å². The largest absolute Gasteiger partial charge is 0.373 e. The fourth-order valence-electron chi connectivity index (χ4n) is 1.88. The molecule has 18 heavy (non-hydrogen) atoms. The van der Waals surface area contributed by atoms with E-state index in [0.29, 0.717) is 41.3 Å². The van der Waals surface area contributed by atoms with Gasteiger partial charge in [0.05, 0.1) is 18.3 Å². The number of rotatable bonds is 2. The number of amides is 1. The predicted octanol–water partition coefficient (Wildman–Crippen LogP) is 1.90. The summed E-state index contributed by atoms with van der Waals surface area (Å²) in [6, 6.07) is 5.15. The lowest BCUT2D eigenvalue weighted by Crippen LogP contribution is -2.48. The Morgan fingerprint density at radius 1 is 1.61 bits per heavy atom. The number of nitrogens with zero attached hydrogens (tertiary/aromatic N) is 1. The predicted molar refractivity (Wildman–Crippen MR) is 73.8 cm³/mol. The standard InChI is InChI=1S/C12H14BrClN2O2/c13-11-5-8(14)1-2-10(11)12(17)16-3-4-18-9(6-15)7-16/h1-2,5,9H,3-4,6-7,15H2. The molecule has 0 aliphatic carbocycles. The van der Waals surface area contributed by atoms with Crippen molar-refractivity contribution in [1.82, 2.24) is 4.90 Å². The van der Waals surface area contributed by atoms with Crippen molar-refractivity contribution < 1.29 is 9.53 Å². The zero-order valence-electron chi connectivity index (χ0n) is 9.73. The van der Waals surface area contributed by atoms with E-state index < -0.39 is 0 Å². The van der Waals surface area contributed by atoms with Crippen molar-refractivity contribution in [3.63, 3.8) is 0 Å². The van der Waals surface area contributed by atoms with Crippen molar-refractivity contribution in [3.8, 4) is 0 Å². The van der Waals surface area contributed by atoms with Crippen LogP contribution in [0.1, 0.15) is 10.4 Å². The van der Waals surface area contributed by atoms with Crippen molar-refractivity contribution in [3.05, 3.63) is 33.3 Å². The fraction of sp³-hybridized carbons (Fsp3) is 0.417. The molecule has 1 saturated heterocycles. The van der Waals surface area contributed by atoms with Crippen molar-refractivity contribution in [2.24, 2.45) is 5.73 Å². The average Bonchev–Trinajstić information content (AvgIpc) is 2.38. The second-order valence-corrected chi connectivity index (χ2v) is 5.39. The maximum Gasteiger partial charge on any atom is 0.255 e. The van der Waals surface area contributed by atoms with Crippen molar-refractivity contribution in [1.29, 1.82) is 0 Å². The van der Waals surface area contributed by atoms with E-state index in [1.165, 1.54) is 0 Å². The zero-order chi connectivity index (χ0) is 13.1. The van der Waals surface area contributed by atoms with E-state index in [-0.39, 0.29) is 12.0 Å². The number of halogens is 2. The van der Waals surface area contributed by atoms with E-state index >= 15 is 0 Å². The van der Waals surface area contributed by atoms with Gasteiger partial charge < -0.3 is 15.4 Å². The molecule has 0 radical (unpaired) electrons. The van der Waals surface area contributed by atoms with Gasteiger partial charge in [0.15, 0.2) is 0 Å². The summed E-state index contributed by atoms with van der Waals surface area (Å²) in [6.45, 7) is 2.07. The molecule has 1 amide bonds. The first-order valence-corrected chi connectivity index (χ1v) is 6.85. The first-order valence-electron chi connectivity index (χ1n) is 5.68. The summed E-state index contributed by atoms with van der Waals surface area (Å²) >= 11 is 9.22. The Morgan fingerprint density at radius 2 is 2.39 bits per heavy atom. The molecule has 2 N–H and O–H groups in total. The molecule has 1 aromatic rings. The number of ether oxygens (including phenoxy) is 1. The maximum absolute atomic E-state index is 12.3. The summed E-state index contributed by atoms with van der Waals surface area (Å²) in [5.74, 6) is -0.0275. The summed E-state index contributed by atoms with van der Waals surface area (Å²) in [4.78, 5) is 14.1. The molecule has 98 valence electrons. The maximum atomic E-state index is 12.3. The van der Waals surface area contributed by atoms with Gasteiger partial charge in [0.1, 0.15) is 0 Å². The van der Waals surface area contributed by atoms with Crippen molar-refractivity contribution >= 4 is 33.4 Å².